The maximum Gasteiger partial charge on any atom is 0.104 e. The van der Waals surface area contributed by atoms with E-state index in [1.807, 2.05) is 0 Å². The number of benzene rings is 1. The first-order chi connectivity index (χ1) is 10.7. The van der Waals surface area contributed by atoms with E-state index < -0.39 is 5.54 Å². The van der Waals surface area contributed by atoms with Crippen molar-refractivity contribution in [3.63, 3.8) is 0 Å². The average Bonchev–Trinajstić information content (AvgIpc) is 2.94. The highest BCUT2D eigenvalue weighted by molar-refractivity contribution is 5.28. The Morgan fingerprint density at radius 3 is 2.45 bits per heavy atom. The van der Waals surface area contributed by atoms with Gasteiger partial charge in [-0.25, -0.2) is 0 Å². The molecule has 2 atom stereocenters. The molecule has 0 aliphatic heterocycles. The van der Waals surface area contributed by atoms with Crippen LogP contribution in [0.25, 0.3) is 0 Å². The fourth-order valence-corrected chi connectivity index (χ4v) is 3.53. The third-order valence-corrected chi connectivity index (χ3v) is 5.04. The quantitative estimate of drug-likeness (QED) is 0.680. The van der Waals surface area contributed by atoms with Gasteiger partial charge in [-0.3, -0.25) is 0 Å². The molecule has 1 fully saturated rings. The van der Waals surface area contributed by atoms with Gasteiger partial charge in [0, 0.05) is 0 Å². The Bertz CT molecular complexity index is 485. The first kappa shape index (κ1) is 17.0. The van der Waals surface area contributed by atoms with Gasteiger partial charge >= 0.3 is 0 Å². The van der Waals surface area contributed by atoms with Gasteiger partial charge in [0.05, 0.1) is 6.07 Å². The van der Waals surface area contributed by atoms with Gasteiger partial charge in [0.1, 0.15) is 5.54 Å². The topological polar surface area (TPSA) is 49.8 Å². The van der Waals surface area contributed by atoms with Crippen LogP contribution < -0.4 is 5.73 Å². The number of aryl methyl sites for hydroxylation is 1. The first-order valence-electron chi connectivity index (χ1n) is 8.96. The third-order valence-electron chi connectivity index (χ3n) is 5.04. The van der Waals surface area contributed by atoms with Crippen LogP contribution in [0.2, 0.25) is 0 Å². The molecule has 0 amide bonds. The molecule has 2 nitrogen and oxygen atoms in total. The van der Waals surface area contributed by atoms with Crippen LogP contribution in [0.15, 0.2) is 24.3 Å². The summed E-state index contributed by atoms with van der Waals surface area (Å²) in [7, 11) is 0. The van der Waals surface area contributed by atoms with E-state index in [4.69, 9.17) is 11.0 Å². The summed E-state index contributed by atoms with van der Waals surface area (Å²) >= 11 is 0. The summed E-state index contributed by atoms with van der Waals surface area (Å²) in [6, 6.07) is 11.3. The summed E-state index contributed by atoms with van der Waals surface area (Å²) in [6.45, 7) is 2.26. The molecule has 1 aliphatic rings. The van der Waals surface area contributed by atoms with Crippen molar-refractivity contribution in [1.29, 1.82) is 5.26 Å². The van der Waals surface area contributed by atoms with Gasteiger partial charge < -0.3 is 5.73 Å². The monoisotopic (exact) mass is 298 g/mol. The van der Waals surface area contributed by atoms with Gasteiger partial charge in [-0.2, -0.15) is 5.26 Å². The van der Waals surface area contributed by atoms with E-state index in [-0.39, 0.29) is 0 Å². The van der Waals surface area contributed by atoms with Crippen LogP contribution in [0.4, 0.5) is 0 Å². The second-order valence-electron chi connectivity index (χ2n) is 6.97. The van der Waals surface area contributed by atoms with Crippen molar-refractivity contribution in [2.75, 3.05) is 0 Å². The maximum absolute atomic E-state index is 9.13. The zero-order valence-corrected chi connectivity index (χ0v) is 14.0. The lowest BCUT2D eigenvalue weighted by Gasteiger charge is -2.15. The molecule has 2 N–H and O–H groups in total. The number of hydrogen-bond donors (Lipinski definition) is 1. The molecule has 2 rings (SSSR count). The zero-order chi connectivity index (χ0) is 15.8. The number of unbranched alkanes of at least 4 members (excludes halogenated alkanes) is 5. The molecule has 0 saturated heterocycles. The lowest BCUT2D eigenvalue weighted by molar-refractivity contribution is 0.553. The summed E-state index contributed by atoms with van der Waals surface area (Å²) in [5.41, 5.74) is 8.27. The predicted molar refractivity (Wildman–Crippen MR) is 92.6 cm³/mol. The summed E-state index contributed by atoms with van der Waals surface area (Å²) in [4.78, 5) is 0. The molecule has 1 aromatic rings. The molecular formula is C20H30N2. The highest BCUT2D eigenvalue weighted by Gasteiger charge is 2.36. The van der Waals surface area contributed by atoms with E-state index in [0.717, 1.165) is 19.3 Å². The highest BCUT2D eigenvalue weighted by Crippen LogP contribution is 2.39. The lowest BCUT2D eigenvalue weighted by atomic mass is 9.93. The van der Waals surface area contributed by atoms with Crippen LogP contribution in [0, 0.1) is 11.3 Å². The molecule has 0 aromatic heterocycles. The van der Waals surface area contributed by atoms with Crippen LogP contribution in [0.5, 0.6) is 0 Å². The summed E-state index contributed by atoms with van der Waals surface area (Å²) < 4.78 is 0. The number of rotatable bonds is 8. The molecule has 120 valence electrons. The van der Waals surface area contributed by atoms with Crippen LogP contribution in [-0.2, 0) is 6.42 Å². The van der Waals surface area contributed by atoms with E-state index in [9.17, 15) is 0 Å². The number of hydrogen-bond acceptors (Lipinski definition) is 2. The Balaban J connectivity index is 1.75. The zero-order valence-electron chi connectivity index (χ0n) is 14.0. The van der Waals surface area contributed by atoms with Crippen molar-refractivity contribution < 1.29 is 0 Å². The minimum Gasteiger partial charge on any atom is -0.313 e. The Hall–Kier alpha value is -1.33. The highest BCUT2D eigenvalue weighted by atomic mass is 14.8. The Morgan fingerprint density at radius 2 is 1.82 bits per heavy atom. The minimum absolute atomic E-state index is 0.466. The summed E-state index contributed by atoms with van der Waals surface area (Å²) in [5, 5.41) is 9.13. The Kier molecular flexibility index (Phi) is 6.46. The molecule has 22 heavy (non-hydrogen) atoms. The molecule has 1 aromatic carbocycles. The average molecular weight is 298 g/mol. The van der Waals surface area contributed by atoms with E-state index >= 15 is 0 Å². The van der Waals surface area contributed by atoms with Crippen molar-refractivity contribution in [1.82, 2.24) is 0 Å². The van der Waals surface area contributed by atoms with E-state index in [2.05, 4.69) is 37.3 Å². The second-order valence-corrected chi connectivity index (χ2v) is 6.97. The molecule has 1 saturated carbocycles. The van der Waals surface area contributed by atoms with Gasteiger partial charge in [-0.15, -0.1) is 0 Å². The van der Waals surface area contributed by atoms with Crippen molar-refractivity contribution >= 4 is 0 Å². The van der Waals surface area contributed by atoms with E-state index in [0.29, 0.717) is 5.92 Å². The fraction of sp³-hybridized carbons (Fsp3) is 0.650. The summed E-state index contributed by atoms with van der Waals surface area (Å²) in [6.07, 6.45) is 12.0. The number of nitrogens with zero attached hydrogens (tertiary/aromatic N) is 1. The van der Waals surface area contributed by atoms with Gasteiger partial charge in [-0.1, -0.05) is 63.3 Å². The Morgan fingerprint density at radius 1 is 1.14 bits per heavy atom. The lowest BCUT2D eigenvalue weighted by Crippen LogP contribution is -2.34. The van der Waals surface area contributed by atoms with E-state index in [1.165, 1.54) is 56.1 Å². The maximum atomic E-state index is 9.13. The van der Waals surface area contributed by atoms with E-state index in [1.54, 1.807) is 0 Å². The number of nitriles is 1. The molecule has 0 radical (unpaired) electrons. The molecular weight excluding hydrogens is 268 g/mol. The molecule has 0 heterocycles. The summed E-state index contributed by atoms with van der Waals surface area (Å²) in [5.74, 6) is 0.466. The fourth-order valence-electron chi connectivity index (χ4n) is 3.53. The minimum atomic E-state index is -0.595. The normalized spacial score (nSPS) is 24.3. The predicted octanol–water partition coefficient (Wildman–Crippen LogP) is 5.08. The van der Waals surface area contributed by atoms with Crippen LogP contribution in [0.1, 0.15) is 81.8 Å². The molecule has 2 unspecified atom stereocenters. The standard InChI is InChI=1S/C20H30N2/c1-2-3-4-5-6-7-8-17-9-11-18(12-10-17)19-13-14-20(22,15-19)16-21/h9-12,19H,2-8,13-15,22H2,1H3. The Labute approximate surface area is 135 Å². The van der Waals surface area contributed by atoms with Gasteiger partial charge in [-0.05, 0) is 49.1 Å². The molecule has 0 bridgehead atoms. The van der Waals surface area contributed by atoms with Gasteiger partial charge in [0.15, 0.2) is 0 Å². The second kappa shape index (κ2) is 8.34. The van der Waals surface area contributed by atoms with Gasteiger partial charge in [0.2, 0.25) is 0 Å². The van der Waals surface area contributed by atoms with Crippen LogP contribution in [-0.4, -0.2) is 5.54 Å². The van der Waals surface area contributed by atoms with Crippen LogP contribution >= 0.6 is 0 Å². The van der Waals surface area contributed by atoms with Crippen LogP contribution in [0.3, 0.4) is 0 Å². The third kappa shape index (κ3) is 4.85. The molecule has 0 spiro atoms. The van der Waals surface area contributed by atoms with Crippen molar-refractivity contribution in [3.8, 4) is 6.07 Å². The van der Waals surface area contributed by atoms with Crippen molar-refractivity contribution in [2.45, 2.75) is 82.6 Å². The smallest absolute Gasteiger partial charge is 0.104 e. The largest absolute Gasteiger partial charge is 0.313 e. The SMILES string of the molecule is CCCCCCCCc1ccc(C2CCC(N)(C#N)C2)cc1. The van der Waals surface area contributed by atoms with Crippen molar-refractivity contribution in [2.24, 2.45) is 5.73 Å². The van der Waals surface area contributed by atoms with Gasteiger partial charge in [0.25, 0.3) is 0 Å². The molecule has 1 aliphatic carbocycles. The molecule has 2 heteroatoms. The number of nitrogens with two attached hydrogens (primary N) is 1. The van der Waals surface area contributed by atoms with Crippen molar-refractivity contribution in [3.05, 3.63) is 35.4 Å². The first-order valence-corrected chi connectivity index (χ1v) is 8.96.